The van der Waals surface area contributed by atoms with Crippen LogP contribution in [0.5, 0.6) is 5.88 Å². The molecular formula is C25H29N5O5. The average molecular weight is 480 g/mol. The van der Waals surface area contributed by atoms with E-state index in [-0.39, 0.29) is 52.0 Å². The third kappa shape index (κ3) is 3.63. The molecule has 35 heavy (non-hydrogen) atoms. The van der Waals surface area contributed by atoms with Crippen LogP contribution in [-0.2, 0) is 14.9 Å². The number of anilines is 1. The van der Waals surface area contributed by atoms with Gasteiger partial charge in [0.2, 0.25) is 11.7 Å². The van der Waals surface area contributed by atoms with Crippen molar-refractivity contribution in [3.05, 3.63) is 52.3 Å². The van der Waals surface area contributed by atoms with Gasteiger partial charge in [0.05, 0.1) is 36.2 Å². The van der Waals surface area contributed by atoms with Gasteiger partial charge < -0.3 is 24.1 Å². The normalized spacial score (nSPS) is 28.8. The molecule has 0 aromatic carbocycles. The molecule has 1 amide bonds. The number of fused-ring (bicyclic) bond motifs is 2. The first-order chi connectivity index (χ1) is 16.7. The van der Waals surface area contributed by atoms with Crippen molar-refractivity contribution in [2.24, 2.45) is 0 Å². The molecule has 184 valence electrons. The van der Waals surface area contributed by atoms with E-state index in [1.165, 1.54) is 0 Å². The van der Waals surface area contributed by atoms with Crippen molar-refractivity contribution in [3.63, 3.8) is 0 Å². The van der Waals surface area contributed by atoms with Crippen molar-refractivity contribution >= 4 is 17.4 Å². The van der Waals surface area contributed by atoms with Gasteiger partial charge in [0.1, 0.15) is 11.3 Å². The van der Waals surface area contributed by atoms with Crippen LogP contribution < -0.4 is 15.6 Å². The standard InChI is InChI=1S/C25H29N5O5/c1-14(2)35-21-15(20(31)26-16-6-5-7-30(22(16)32)17-8-18(17)33-4)9-29-10-19(27-23(29)28-21)25-11-24(3,12-25)34-13-25/h5-7,9-10,14,17-18H,8,11-13H2,1-4H3,(H,26,31)/t17?,18?,24-,25+. The molecule has 7 rings (SSSR count). The third-order valence-electron chi connectivity index (χ3n) is 7.25. The predicted octanol–water partition coefficient (Wildman–Crippen LogP) is 2.71. The summed E-state index contributed by atoms with van der Waals surface area (Å²) in [6.07, 6.45) is 7.75. The summed E-state index contributed by atoms with van der Waals surface area (Å²) in [7, 11) is 1.63. The Bertz CT molecular complexity index is 1390. The zero-order valence-corrected chi connectivity index (χ0v) is 20.3. The van der Waals surface area contributed by atoms with Gasteiger partial charge in [-0.3, -0.25) is 14.0 Å². The molecule has 4 aliphatic rings. The van der Waals surface area contributed by atoms with E-state index in [1.54, 1.807) is 40.6 Å². The molecule has 3 aromatic rings. The average Bonchev–Trinajstić information content (AvgIpc) is 3.13. The largest absolute Gasteiger partial charge is 0.474 e. The van der Waals surface area contributed by atoms with Crippen LogP contribution in [0.3, 0.4) is 0 Å². The number of hydrogen-bond donors (Lipinski definition) is 1. The van der Waals surface area contributed by atoms with Crippen molar-refractivity contribution in [2.75, 3.05) is 19.0 Å². The van der Waals surface area contributed by atoms with Crippen LogP contribution in [0.2, 0.25) is 0 Å². The van der Waals surface area contributed by atoms with Crippen LogP contribution >= 0.6 is 0 Å². The van der Waals surface area contributed by atoms with Crippen molar-refractivity contribution in [1.82, 2.24) is 18.9 Å². The van der Waals surface area contributed by atoms with Crippen LogP contribution in [0.15, 0.2) is 35.5 Å². The highest BCUT2D eigenvalue weighted by atomic mass is 16.5. The Morgan fingerprint density at radius 1 is 1.29 bits per heavy atom. The van der Waals surface area contributed by atoms with Gasteiger partial charge in [-0.25, -0.2) is 4.98 Å². The topological polar surface area (TPSA) is 109 Å². The summed E-state index contributed by atoms with van der Waals surface area (Å²) in [4.78, 5) is 35.6. The van der Waals surface area contributed by atoms with Crippen molar-refractivity contribution in [3.8, 4) is 5.88 Å². The summed E-state index contributed by atoms with van der Waals surface area (Å²) in [5, 5.41) is 2.76. The number of hydrogen-bond acceptors (Lipinski definition) is 7. The molecule has 2 unspecified atom stereocenters. The third-order valence-corrected chi connectivity index (χ3v) is 7.25. The zero-order chi connectivity index (χ0) is 24.5. The van der Waals surface area contributed by atoms with Crippen molar-refractivity contribution in [2.45, 2.75) is 69.3 Å². The first-order valence-corrected chi connectivity index (χ1v) is 12.0. The summed E-state index contributed by atoms with van der Waals surface area (Å²) in [6, 6.07) is 3.32. The van der Waals surface area contributed by atoms with Gasteiger partial charge in [0.15, 0.2) is 0 Å². The highest BCUT2D eigenvalue weighted by Crippen LogP contribution is 2.58. The molecule has 1 N–H and O–H groups in total. The molecule has 2 aliphatic heterocycles. The van der Waals surface area contributed by atoms with E-state index in [0.717, 1.165) is 25.0 Å². The van der Waals surface area contributed by atoms with E-state index in [1.807, 2.05) is 20.0 Å². The van der Waals surface area contributed by atoms with Crippen molar-refractivity contribution in [1.29, 1.82) is 0 Å². The number of aromatic nitrogens is 4. The Kier molecular flexibility index (Phi) is 4.85. The molecule has 5 heterocycles. The molecule has 4 fully saturated rings. The predicted molar refractivity (Wildman–Crippen MR) is 127 cm³/mol. The summed E-state index contributed by atoms with van der Waals surface area (Å²) in [5.74, 6) is 0.167. The Balaban J connectivity index is 1.33. The highest BCUT2D eigenvalue weighted by molar-refractivity contribution is 6.05. The summed E-state index contributed by atoms with van der Waals surface area (Å²) >= 11 is 0. The van der Waals surface area contributed by atoms with Gasteiger partial charge in [0, 0.05) is 31.1 Å². The fourth-order valence-electron chi connectivity index (χ4n) is 5.54. The second kappa shape index (κ2) is 7.63. The van der Waals surface area contributed by atoms with Crippen LogP contribution in [-0.4, -0.2) is 56.4 Å². The summed E-state index contributed by atoms with van der Waals surface area (Å²) in [6.45, 7) is 6.50. The molecule has 0 radical (unpaired) electrons. The summed E-state index contributed by atoms with van der Waals surface area (Å²) in [5.41, 5.74) is 0.899. The SMILES string of the molecule is COC1CC1n1cccc(NC(=O)c2cn3cc([C@]45CO[C@@](C)(C4)C5)nc3nc2OC(C)C)c1=O. The van der Waals surface area contributed by atoms with E-state index in [4.69, 9.17) is 19.2 Å². The fraction of sp³-hybridized carbons (Fsp3) is 0.520. The molecule has 3 aromatic heterocycles. The van der Waals surface area contributed by atoms with E-state index in [9.17, 15) is 9.59 Å². The Hall–Kier alpha value is -3.24. The number of carbonyl (C=O) groups is 1. The monoisotopic (exact) mass is 479 g/mol. The van der Waals surface area contributed by atoms with Crippen LogP contribution in [0.1, 0.15) is 62.1 Å². The number of methoxy groups -OCH3 is 1. The fourth-order valence-corrected chi connectivity index (χ4v) is 5.54. The molecule has 10 nitrogen and oxygen atoms in total. The number of pyridine rings is 1. The molecule has 2 atom stereocenters. The van der Waals surface area contributed by atoms with Gasteiger partial charge in [0.25, 0.3) is 11.5 Å². The lowest BCUT2D eigenvalue weighted by Gasteiger charge is -2.41. The molecule has 2 aliphatic carbocycles. The Labute approximate surface area is 202 Å². The maximum absolute atomic E-state index is 13.3. The lowest BCUT2D eigenvalue weighted by atomic mass is 9.62. The second-order valence-electron chi connectivity index (χ2n) is 10.5. The number of amides is 1. The second-order valence-corrected chi connectivity index (χ2v) is 10.5. The molecule has 2 saturated heterocycles. The van der Waals surface area contributed by atoms with E-state index >= 15 is 0 Å². The van der Waals surface area contributed by atoms with Gasteiger partial charge in [-0.1, -0.05) is 0 Å². The molecule has 2 bridgehead atoms. The van der Waals surface area contributed by atoms with Gasteiger partial charge >= 0.3 is 0 Å². The number of imidazole rings is 1. The molecule has 0 spiro atoms. The minimum atomic E-state index is -0.474. The van der Waals surface area contributed by atoms with Crippen LogP contribution in [0.25, 0.3) is 5.78 Å². The summed E-state index contributed by atoms with van der Waals surface area (Å²) < 4.78 is 20.5. The van der Waals surface area contributed by atoms with E-state index in [0.29, 0.717) is 12.4 Å². The Morgan fingerprint density at radius 2 is 2.09 bits per heavy atom. The zero-order valence-electron chi connectivity index (χ0n) is 20.3. The smallest absolute Gasteiger partial charge is 0.274 e. The van der Waals surface area contributed by atoms with Crippen molar-refractivity contribution < 1.29 is 19.0 Å². The molecule has 2 saturated carbocycles. The van der Waals surface area contributed by atoms with Gasteiger partial charge in [-0.05, 0) is 52.2 Å². The lowest BCUT2D eigenvalue weighted by molar-refractivity contribution is 0.0154. The first kappa shape index (κ1) is 22.2. The number of nitrogens with one attached hydrogen (secondary N) is 1. The van der Waals surface area contributed by atoms with E-state index < -0.39 is 5.91 Å². The lowest BCUT2D eigenvalue weighted by Crippen LogP contribution is -2.45. The minimum absolute atomic E-state index is 0.0149. The van der Waals surface area contributed by atoms with Crippen LogP contribution in [0, 0.1) is 0 Å². The molecule has 10 heteroatoms. The van der Waals surface area contributed by atoms with Crippen LogP contribution in [0.4, 0.5) is 5.69 Å². The number of carbonyl (C=O) groups excluding carboxylic acids is 1. The maximum atomic E-state index is 13.3. The maximum Gasteiger partial charge on any atom is 0.274 e. The number of rotatable bonds is 7. The molecular weight excluding hydrogens is 450 g/mol. The van der Waals surface area contributed by atoms with E-state index in [2.05, 4.69) is 17.2 Å². The first-order valence-electron chi connectivity index (χ1n) is 12.0. The van der Waals surface area contributed by atoms with Gasteiger partial charge in [-0.2, -0.15) is 4.98 Å². The van der Waals surface area contributed by atoms with Gasteiger partial charge in [-0.15, -0.1) is 0 Å². The Morgan fingerprint density at radius 3 is 2.74 bits per heavy atom. The highest BCUT2D eigenvalue weighted by Gasteiger charge is 2.61. The number of nitrogens with zero attached hydrogens (tertiary/aromatic N) is 4. The quantitative estimate of drug-likeness (QED) is 0.555. The number of ether oxygens (including phenoxy) is 3. The minimum Gasteiger partial charge on any atom is -0.474 e.